The van der Waals surface area contributed by atoms with E-state index in [-0.39, 0.29) is 6.29 Å². The maximum atomic E-state index is 10.1. The summed E-state index contributed by atoms with van der Waals surface area (Å²) in [5, 5.41) is 10.1. The highest BCUT2D eigenvalue weighted by Gasteiger charge is 2.28. The molecule has 0 saturated carbocycles. The molecule has 0 unspecified atom stereocenters. The van der Waals surface area contributed by atoms with E-state index in [2.05, 4.69) is 13.2 Å². The lowest BCUT2D eigenvalue weighted by Gasteiger charge is -2.28. The predicted octanol–water partition coefficient (Wildman–Crippen LogP) is 1.88. The number of ether oxygens (including phenoxy) is 2. The van der Waals surface area contributed by atoms with Crippen molar-refractivity contribution in [1.29, 1.82) is 0 Å². The Morgan fingerprint density at radius 1 is 1.21 bits per heavy atom. The second kappa shape index (κ2) is 6.76. The van der Waals surface area contributed by atoms with E-state index in [0.717, 1.165) is 0 Å². The van der Waals surface area contributed by atoms with Crippen molar-refractivity contribution in [3.05, 3.63) is 25.3 Å². The monoisotopic (exact) mass is 200 g/mol. The van der Waals surface area contributed by atoms with Gasteiger partial charge in [0, 0.05) is 20.6 Å². The van der Waals surface area contributed by atoms with Crippen molar-refractivity contribution in [1.82, 2.24) is 0 Å². The Kier molecular flexibility index (Phi) is 6.45. The summed E-state index contributed by atoms with van der Waals surface area (Å²) in [6.45, 7) is 7.22. The zero-order chi connectivity index (χ0) is 11.0. The first-order valence-corrected chi connectivity index (χ1v) is 4.61. The average Bonchev–Trinajstić information content (AvgIpc) is 2.15. The van der Waals surface area contributed by atoms with E-state index in [4.69, 9.17) is 9.47 Å². The van der Waals surface area contributed by atoms with Crippen LogP contribution in [-0.2, 0) is 9.47 Å². The Hall–Kier alpha value is -0.640. The van der Waals surface area contributed by atoms with Crippen molar-refractivity contribution in [2.24, 2.45) is 0 Å². The third-order valence-corrected chi connectivity index (χ3v) is 2.12. The van der Waals surface area contributed by atoms with Crippen molar-refractivity contribution in [2.45, 2.75) is 31.2 Å². The van der Waals surface area contributed by atoms with Gasteiger partial charge >= 0.3 is 0 Å². The number of methoxy groups -OCH3 is 2. The zero-order valence-corrected chi connectivity index (χ0v) is 9.03. The lowest BCUT2D eigenvalue weighted by Crippen LogP contribution is -2.34. The molecular weight excluding hydrogens is 180 g/mol. The van der Waals surface area contributed by atoms with Crippen molar-refractivity contribution in [3.63, 3.8) is 0 Å². The van der Waals surface area contributed by atoms with E-state index in [1.807, 2.05) is 0 Å². The molecule has 0 heterocycles. The fourth-order valence-electron chi connectivity index (χ4n) is 1.36. The van der Waals surface area contributed by atoms with Crippen molar-refractivity contribution >= 4 is 0 Å². The van der Waals surface area contributed by atoms with Crippen molar-refractivity contribution in [3.8, 4) is 0 Å². The van der Waals surface area contributed by atoms with Gasteiger partial charge in [0.15, 0.2) is 6.29 Å². The second-order valence-corrected chi connectivity index (χ2v) is 3.32. The minimum atomic E-state index is -0.861. The van der Waals surface area contributed by atoms with Crippen LogP contribution in [0, 0.1) is 0 Å². The fraction of sp³-hybridized carbons (Fsp3) is 0.636. The van der Waals surface area contributed by atoms with Crippen LogP contribution in [0.5, 0.6) is 0 Å². The summed E-state index contributed by atoms with van der Waals surface area (Å²) in [4.78, 5) is 0. The molecule has 0 saturated heterocycles. The first-order chi connectivity index (χ1) is 6.61. The number of aliphatic hydroxyl groups is 1. The molecule has 0 aromatic rings. The summed E-state index contributed by atoms with van der Waals surface area (Å²) in [5.74, 6) is 0. The predicted molar refractivity (Wildman–Crippen MR) is 57.0 cm³/mol. The topological polar surface area (TPSA) is 38.7 Å². The Balaban J connectivity index is 4.31. The Morgan fingerprint density at radius 3 is 1.93 bits per heavy atom. The standard InChI is InChI=1S/C11H20O3/c1-5-7-11(12,8-6-2)9-10(13-3)14-4/h5-6,10,12H,1-2,7-9H2,3-4H3. The van der Waals surface area contributed by atoms with Gasteiger partial charge in [0.2, 0.25) is 0 Å². The molecule has 0 aromatic carbocycles. The number of hydrogen-bond donors (Lipinski definition) is 1. The van der Waals surface area contributed by atoms with Gasteiger partial charge in [0.1, 0.15) is 0 Å². The lowest BCUT2D eigenvalue weighted by atomic mass is 9.91. The highest BCUT2D eigenvalue weighted by molar-refractivity contribution is 4.92. The summed E-state index contributed by atoms with van der Waals surface area (Å²) in [6, 6.07) is 0. The molecule has 0 spiro atoms. The summed E-state index contributed by atoms with van der Waals surface area (Å²) in [5.41, 5.74) is -0.861. The van der Waals surface area contributed by atoms with E-state index in [1.165, 1.54) is 0 Å². The van der Waals surface area contributed by atoms with Crippen LogP contribution in [0.25, 0.3) is 0 Å². The Labute approximate surface area is 86.0 Å². The molecule has 0 bridgehead atoms. The quantitative estimate of drug-likeness (QED) is 0.480. The zero-order valence-electron chi connectivity index (χ0n) is 9.03. The van der Waals surface area contributed by atoms with Gasteiger partial charge in [-0.05, 0) is 12.8 Å². The average molecular weight is 200 g/mol. The SMILES string of the molecule is C=CCC(O)(CC=C)CC(OC)OC. The smallest absolute Gasteiger partial charge is 0.159 e. The first-order valence-electron chi connectivity index (χ1n) is 4.61. The van der Waals surface area contributed by atoms with Crippen molar-refractivity contribution in [2.75, 3.05) is 14.2 Å². The van der Waals surface area contributed by atoms with Crippen LogP contribution in [0.2, 0.25) is 0 Å². The largest absolute Gasteiger partial charge is 0.389 e. The van der Waals surface area contributed by atoms with Crippen LogP contribution in [0.4, 0.5) is 0 Å². The molecule has 3 nitrogen and oxygen atoms in total. The molecule has 0 rings (SSSR count). The van der Waals surface area contributed by atoms with E-state index >= 15 is 0 Å². The molecule has 3 heteroatoms. The second-order valence-electron chi connectivity index (χ2n) is 3.32. The molecule has 82 valence electrons. The summed E-state index contributed by atoms with van der Waals surface area (Å²) >= 11 is 0. The number of hydrogen-bond acceptors (Lipinski definition) is 3. The molecule has 0 radical (unpaired) electrons. The maximum absolute atomic E-state index is 10.1. The summed E-state index contributed by atoms with van der Waals surface area (Å²) in [7, 11) is 3.10. The van der Waals surface area contributed by atoms with Crippen LogP contribution in [-0.4, -0.2) is 31.2 Å². The van der Waals surface area contributed by atoms with Crippen LogP contribution < -0.4 is 0 Å². The van der Waals surface area contributed by atoms with Crippen LogP contribution in [0.15, 0.2) is 25.3 Å². The van der Waals surface area contributed by atoms with E-state index in [1.54, 1.807) is 26.4 Å². The normalized spacial score (nSPS) is 11.7. The molecule has 14 heavy (non-hydrogen) atoms. The molecule has 1 N–H and O–H groups in total. The summed E-state index contributed by atoms with van der Waals surface area (Å²) in [6.07, 6.45) is 4.40. The fourth-order valence-corrected chi connectivity index (χ4v) is 1.36. The molecule has 0 aliphatic carbocycles. The van der Waals surface area contributed by atoms with E-state index < -0.39 is 5.60 Å². The number of rotatable bonds is 8. The molecule has 0 fully saturated rings. The molecule has 0 aromatic heterocycles. The Morgan fingerprint density at radius 2 is 1.64 bits per heavy atom. The molecule has 0 amide bonds. The van der Waals surface area contributed by atoms with Gasteiger partial charge in [0.05, 0.1) is 5.60 Å². The highest BCUT2D eigenvalue weighted by Crippen LogP contribution is 2.24. The third-order valence-electron chi connectivity index (χ3n) is 2.12. The van der Waals surface area contributed by atoms with Crippen LogP contribution in [0.1, 0.15) is 19.3 Å². The highest BCUT2D eigenvalue weighted by atomic mass is 16.7. The van der Waals surface area contributed by atoms with Gasteiger partial charge in [-0.2, -0.15) is 0 Å². The molecular formula is C11H20O3. The van der Waals surface area contributed by atoms with Gasteiger partial charge < -0.3 is 14.6 Å². The summed E-state index contributed by atoms with van der Waals surface area (Å²) < 4.78 is 10.1. The minimum Gasteiger partial charge on any atom is -0.389 e. The molecule has 0 aliphatic heterocycles. The van der Waals surface area contributed by atoms with Gasteiger partial charge in [0.25, 0.3) is 0 Å². The molecule has 0 atom stereocenters. The van der Waals surface area contributed by atoms with Crippen molar-refractivity contribution < 1.29 is 14.6 Å². The third kappa shape index (κ3) is 4.56. The first kappa shape index (κ1) is 13.4. The van der Waals surface area contributed by atoms with Gasteiger partial charge in [-0.15, -0.1) is 13.2 Å². The molecule has 0 aliphatic rings. The Bertz CT molecular complexity index is 163. The van der Waals surface area contributed by atoms with E-state index in [0.29, 0.717) is 19.3 Å². The van der Waals surface area contributed by atoms with Crippen LogP contribution in [0.3, 0.4) is 0 Å². The lowest BCUT2D eigenvalue weighted by molar-refractivity contribution is -0.142. The van der Waals surface area contributed by atoms with Gasteiger partial charge in [-0.1, -0.05) is 12.2 Å². The van der Waals surface area contributed by atoms with Gasteiger partial charge in [-0.25, -0.2) is 0 Å². The van der Waals surface area contributed by atoms with E-state index in [9.17, 15) is 5.11 Å². The van der Waals surface area contributed by atoms with Gasteiger partial charge in [-0.3, -0.25) is 0 Å². The minimum absolute atomic E-state index is 0.389. The van der Waals surface area contributed by atoms with Crippen LogP contribution >= 0.6 is 0 Å². The maximum Gasteiger partial charge on any atom is 0.159 e.